The van der Waals surface area contributed by atoms with E-state index in [-0.39, 0.29) is 12.1 Å². The molecule has 0 aromatic heterocycles. The minimum Gasteiger partial charge on any atom is -0.445 e. The van der Waals surface area contributed by atoms with Gasteiger partial charge >= 0.3 is 6.09 Å². The Labute approximate surface area is 102 Å². The Balaban J connectivity index is 2.51. The second-order valence-electron chi connectivity index (χ2n) is 4.80. The zero-order chi connectivity index (χ0) is 12.9. The van der Waals surface area contributed by atoms with Crippen molar-refractivity contribution in [2.45, 2.75) is 32.9 Å². The Morgan fingerprint density at radius 3 is 2.76 bits per heavy atom. The summed E-state index contributed by atoms with van der Waals surface area (Å²) in [5.41, 5.74) is 1.37. The van der Waals surface area contributed by atoms with Crippen LogP contribution in [0, 0.1) is 12.3 Å². The van der Waals surface area contributed by atoms with Crippen molar-refractivity contribution in [1.82, 2.24) is 5.32 Å². The lowest BCUT2D eigenvalue weighted by Gasteiger charge is -2.19. The number of amides is 1. The molecule has 1 rings (SSSR count). The Morgan fingerprint density at radius 2 is 2.18 bits per heavy atom. The lowest BCUT2D eigenvalue weighted by molar-refractivity contribution is 0.131. The molecule has 90 valence electrons. The Kier molecular flexibility index (Phi) is 4.17. The standard InChI is InChI=1S/C14H17NO2/c1-5-11-7-6-8-12(9-11)10-17-13(16)15-14(2,3)4/h1,6-9H,10H2,2-4H3,(H,15,16). The lowest BCUT2D eigenvalue weighted by atomic mass is 10.1. The number of rotatable bonds is 2. The lowest BCUT2D eigenvalue weighted by Crippen LogP contribution is -2.40. The topological polar surface area (TPSA) is 38.3 Å². The highest BCUT2D eigenvalue weighted by atomic mass is 16.5. The third kappa shape index (κ3) is 5.07. The van der Waals surface area contributed by atoms with E-state index in [1.54, 1.807) is 0 Å². The molecule has 0 aliphatic rings. The summed E-state index contributed by atoms with van der Waals surface area (Å²) in [5, 5.41) is 2.72. The molecule has 0 bridgehead atoms. The van der Waals surface area contributed by atoms with E-state index in [1.165, 1.54) is 0 Å². The summed E-state index contributed by atoms with van der Waals surface area (Å²) in [5.74, 6) is 2.54. The van der Waals surface area contributed by atoms with Crippen LogP contribution in [0.2, 0.25) is 0 Å². The Morgan fingerprint density at radius 1 is 1.47 bits per heavy atom. The van der Waals surface area contributed by atoms with E-state index in [2.05, 4.69) is 11.2 Å². The van der Waals surface area contributed by atoms with Gasteiger partial charge in [0.2, 0.25) is 0 Å². The van der Waals surface area contributed by atoms with Crippen molar-refractivity contribution in [2.24, 2.45) is 0 Å². The molecule has 1 N–H and O–H groups in total. The summed E-state index contributed by atoms with van der Waals surface area (Å²) in [6.07, 6.45) is 4.86. The summed E-state index contributed by atoms with van der Waals surface area (Å²) in [7, 11) is 0. The van der Waals surface area contributed by atoms with E-state index in [4.69, 9.17) is 11.2 Å². The number of alkyl carbamates (subject to hydrolysis) is 1. The molecule has 0 saturated heterocycles. The number of ether oxygens (including phenoxy) is 1. The first kappa shape index (κ1) is 13.1. The number of nitrogens with one attached hydrogen (secondary N) is 1. The summed E-state index contributed by atoms with van der Waals surface area (Å²) >= 11 is 0. The molecule has 0 aliphatic carbocycles. The van der Waals surface area contributed by atoms with Gasteiger partial charge in [-0.2, -0.15) is 0 Å². The fourth-order valence-corrected chi connectivity index (χ4v) is 1.24. The minimum atomic E-state index is -0.427. The highest BCUT2D eigenvalue weighted by Gasteiger charge is 2.14. The average molecular weight is 231 g/mol. The smallest absolute Gasteiger partial charge is 0.407 e. The zero-order valence-corrected chi connectivity index (χ0v) is 10.4. The van der Waals surface area contributed by atoms with E-state index >= 15 is 0 Å². The van der Waals surface area contributed by atoms with Crippen LogP contribution in [0.1, 0.15) is 31.9 Å². The van der Waals surface area contributed by atoms with Gasteiger partial charge in [-0.3, -0.25) is 0 Å². The molecule has 0 aliphatic heterocycles. The fraction of sp³-hybridized carbons (Fsp3) is 0.357. The molecule has 1 aromatic rings. The van der Waals surface area contributed by atoms with Gasteiger partial charge < -0.3 is 10.1 Å². The third-order valence-corrected chi connectivity index (χ3v) is 1.94. The first-order valence-corrected chi connectivity index (χ1v) is 5.41. The fourth-order valence-electron chi connectivity index (χ4n) is 1.24. The van der Waals surface area contributed by atoms with Crippen LogP contribution < -0.4 is 5.32 Å². The van der Waals surface area contributed by atoms with Gasteiger partial charge in [-0.25, -0.2) is 4.79 Å². The minimum absolute atomic E-state index is 0.220. The molecule has 1 amide bonds. The number of terminal acetylenes is 1. The normalized spacial score (nSPS) is 10.5. The quantitative estimate of drug-likeness (QED) is 0.795. The van der Waals surface area contributed by atoms with Crippen LogP contribution in [0.25, 0.3) is 0 Å². The van der Waals surface area contributed by atoms with Crippen molar-refractivity contribution < 1.29 is 9.53 Å². The van der Waals surface area contributed by atoms with Gasteiger partial charge in [0.1, 0.15) is 6.61 Å². The van der Waals surface area contributed by atoms with Crippen molar-refractivity contribution in [3.63, 3.8) is 0 Å². The number of carbonyl (C=O) groups is 1. The highest BCUT2D eigenvalue weighted by Crippen LogP contribution is 2.06. The molecular weight excluding hydrogens is 214 g/mol. The molecular formula is C14H17NO2. The molecule has 0 heterocycles. The summed E-state index contributed by atoms with van der Waals surface area (Å²) in [4.78, 5) is 11.4. The maximum absolute atomic E-state index is 11.4. The number of benzene rings is 1. The van der Waals surface area contributed by atoms with Crippen molar-refractivity contribution in [3.05, 3.63) is 35.4 Å². The molecule has 0 atom stereocenters. The second kappa shape index (κ2) is 5.40. The van der Waals surface area contributed by atoms with Gasteiger partial charge in [0.15, 0.2) is 0 Å². The van der Waals surface area contributed by atoms with Crippen LogP contribution >= 0.6 is 0 Å². The van der Waals surface area contributed by atoms with Gasteiger partial charge in [-0.1, -0.05) is 18.1 Å². The summed E-state index contributed by atoms with van der Waals surface area (Å²) in [6, 6.07) is 7.36. The number of hydrogen-bond donors (Lipinski definition) is 1. The molecule has 3 heteroatoms. The van der Waals surface area contributed by atoms with Crippen LogP contribution in [-0.4, -0.2) is 11.6 Å². The van der Waals surface area contributed by atoms with Crippen LogP contribution in [0.4, 0.5) is 4.79 Å². The first-order valence-electron chi connectivity index (χ1n) is 5.41. The van der Waals surface area contributed by atoms with Crippen LogP contribution in [-0.2, 0) is 11.3 Å². The molecule has 0 saturated carbocycles. The second-order valence-corrected chi connectivity index (χ2v) is 4.80. The van der Waals surface area contributed by atoms with E-state index in [9.17, 15) is 4.79 Å². The maximum atomic E-state index is 11.4. The zero-order valence-electron chi connectivity index (χ0n) is 10.4. The first-order chi connectivity index (χ1) is 7.90. The van der Waals surface area contributed by atoms with Crippen molar-refractivity contribution in [3.8, 4) is 12.3 Å². The number of carbonyl (C=O) groups excluding carboxylic acids is 1. The third-order valence-electron chi connectivity index (χ3n) is 1.94. The molecule has 1 aromatic carbocycles. The van der Waals surface area contributed by atoms with Gasteiger partial charge in [0.25, 0.3) is 0 Å². The van der Waals surface area contributed by atoms with E-state index in [1.807, 2.05) is 45.0 Å². The van der Waals surface area contributed by atoms with Crippen molar-refractivity contribution in [1.29, 1.82) is 0 Å². The summed E-state index contributed by atoms with van der Waals surface area (Å²) < 4.78 is 5.08. The molecule has 3 nitrogen and oxygen atoms in total. The predicted octanol–water partition coefficient (Wildman–Crippen LogP) is 2.69. The number of hydrogen-bond acceptors (Lipinski definition) is 2. The van der Waals surface area contributed by atoms with Crippen molar-refractivity contribution in [2.75, 3.05) is 0 Å². The molecule has 0 radical (unpaired) electrons. The molecule has 0 spiro atoms. The Bertz CT molecular complexity index is 438. The van der Waals surface area contributed by atoms with Crippen LogP contribution in [0.15, 0.2) is 24.3 Å². The molecule has 0 unspecified atom stereocenters. The molecule has 17 heavy (non-hydrogen) atoms. The van der Waals surface area contributed by atoms with Crippen LogP contribution in [0.3, 0.4) is 0 Å². The van der Waals surface area contributed by atoms with Crippen LogP contribution in [0.5, 0.6) is 0 Å². The predicted molar refractivity (Wildman–Crippen MR) is 67.5 cm³/mol. The Hall–Kier alpha value is -1.95. The van der Waals surface area contributed by atoms with E-state index in [0.29, 0.717) is 0 Å². The SMILES string of the molecule is C#Cc1cccc(COC(=O)NC(C)(C)C)c1. The monoisotopic (exact) mass is 231 g/mol. The van der Waals surface area contributed by atoms with Gasteiger partial charge in [-0.15, -0.1) is 6.42 Å². The van der Waals surface area contributed by atoms with Gasteiger partial charge in [-0.05, 0) is 38.5 Å². The highest BCUT2D eigenvalue weighted by molar-refractivity contribution is 5.68. The van der Waals surface area contributed by atoms with E-state index < -0.39 is 6.09 Å². The van der Waals surface area contributed by atoms with Crippen molar-refractivity contribution >= 4 is 6.09 Å². The van der Waals surface area contributed by atoms with E-state index in [0.717, 1.165) is 11.1 Å². The summed E-state index contributed by atoms with van der Waals surface area (Å²) in [6.45, 7) is 5.91. The maximum Gasteiger partial charge on any atom is 0.407 e. The van der Waals surface area contributed by atoms with Gasteiger partial charge in [0.05, 0.1) is 0 Å². The molecule has 0 fully saturated rings. The largest absolute Gasteiger partial charge is 0.445 e. The average Bonchev–Trinajstić information content (AvgIpc) is 2.24. The van der Waals surface area contributed by atoms with Gasteiger partial charge in [0, 0.05) is 11.1 Å².